The Bertz CT molecular complexity index is 739. The van der Waals surface area contributed by atoms with Gasteiger partial charge in [0.25, 0.3) is 11.8 Å². The molecule has 1 aromatic carbocycles. The van der Waals surface area contributed by atoms with Gasteiger partial charge in [-0.05, 0) is 62.8 Å². The summed E-state index contributed by atoms with van der Waals surface area (Å²) in [4.78, 5) is 24.8. The number of carbonyl (C=O) groups excluding carboxylic acids is 2. The number of halogens is 6. The van der Waals surface area contributed by atoms with E-state index in [1.807, 2.05) is 0 Å². The maximum Gasteiger partial charge on any atom is 0.391 e. The van der Waals surface area contributed by atoms with Crippen LogP contribution in [0.4, 0.5) is 26.3 Å². The van der Waals surface area contributed by atoms with Crippen LogP contribution in [0.1, 0.15) is 72.1 Å². The molecule has 2 aliphatic carbocycles. The molecule has 2 amide bonds. The number of nitrogens with one attached hydrogen (secondary N) is 2. The molecule has 0 bridgehead atoms. The van der Waals surface area contributed by atoms with Gasteiger partial charge in [-0.2, -0.15) is 26.3 Å². The number of benzene rings is 1. The normalized spacial score (nSPS) is 26.9. The van der Waals surface area contributed by atoms with Gasteiger partial charge in [0.05, 0.1) is 11.8 Å². The van der Waals surface area contributed by atoms with E-state index in [-0.39, 0.29) is 36.8 Å². The minimum Gasteiger partial charge on any atom is -0.349 e. The zero-order chi connectivity index (χ0) is 23.5. The Hall–Kier alpha value is -2.26. The maximum atomic E-state index is 12.9. The topological polar surface area (TPSA) is 58.2 Å². The van der Waals surface area contributed by atoms with Crippen molar-refractivity contribution in [1.82, 2.24) is 10.6 Å². The van der Waals surface area contributed by atoms with Crippen molar-refractivity contribution in [3.05, 3.63) is 35.4 Å². The Labute approximate surface area is 182 Å². The van der Waals surface area contributed by atoms with E-state index in [9.17, 15) is 35.9 Å². The fourth-order valence-corrected chi connectivity index (χ4v) is 4.55. The molecule has 2 fully saturated rings. The smallest absolute Gasteiger partial charge is 0.349 e. The SMILES string of the molecule is O=C(NC1CCCC(C(F)(F)F)C1)c1ccc(C(=O)NC2CCCC(C(F)(F)F)C2)cc1. The Morgan fingerprint density at radius 3 is 1.31 bits per heavy atom. The number of amides is 2. The lowest BCUT2D eigenvalue weighted by Gasteiger charge is -2.31. The van der Waals surface area contributed by atoms with E-state index in [1.54, 1.807) is 0 Å². The Morgan fingerprint density at radius 2 is 1.00 bits per heavy atom. The molecule has 0 saturated heterocycles. The lowest BCUT2D eigenvalue weighted by Crippen LogP contribution is -2.42. The second kappa shape index (κ2) is 9.70. The van der Waals surface area contributed by atoms with Gasteiger partial charge in [0.15, 0.2) is 0 Å². The van der Waals surface area contributed by atoms with Crippen LogP contribution in [0.2, 0.25) is 0 Å². The van der Waals surface area contributed by atoms with Gasteiger partial charge in [-0.15, -0.1) is 0 Å². The summed E-state index contributed by atoms with van der Waals surface area (Å²) in [7, 11) is 0. The first-order valence-corrected chi connectivity index (χ1v) is 10.8. The van der Waals surface area contributed by atoms with Crippen molar-refractivity contribution in [3.8, 4) is 0 Å². The molecule has 4 atom stereocenters. The monoisotopic (exact) mass is 464 g/mol. The van der Waals surface area contributed by atoms with Gasteiger partial charge in [-0.1, -0.05) is 12.8 Å². The van der Waals surface area contributed by atoms with Gasteiger partial charge in [0.1, 0.15) is 0 Å². The Kier molecular flexibility index (Phi) is 7.39. The second-order valence-electron chi connectivity index (χ2n) is 8.73. The fraction of sp³-hybridized carbons (Fsp3) is 0.636. The molecule has 178 valence electrons. The van der Waals surface area contributed by atoms with E-state index in [4.69, 9.17) is 0 Å². The third-order valence-electron chi connectivity index (χ3n) is 6.35. The van der Waals surface area contributed by atoms with Gasteiger partial charge in [0, 0.05) is 23.2 Å². The van der Waals surface area contributed by atoms with Crippen LogP contribution in [0.3, 0.4) is 0 Å². The lowest BCUT2D eigenvalue weighted by atomic mass is 9.85. The van der Waals surface area contributed by atoms with Crippen molar-refractivity contribution in [3.63, 3.8) is 0 Å². The van der Waals surface area contributed by atoms with Crippen LogP contribution in [0.15, 0.2) is 24.3 Å². The minimum absolute atomic E-state index is 0.0599. The highest BCUT2D eigenvalue weighted by molar-refractivity contribution is 5.98. The van der Waals surface area contributed by atoms with Crippen molar-refractivity contribution in [2.75, 3.05) is 0 Å². The third-order valence-corrected chi connectivity index (χ3v) is 6.35. The molecule has 1 aromatic rings. The maximum absolute atomic E-state index is 12.9. The molecule has 0 spiro atoms. The van der Waals surface area contributed by atoms with Crippen LogP contribution in [-0.2, 0) is 0 Å². The number of alkyl halides is 6. The summed E-state index contributed by atoms with van der Waals surface area (Å²) in [6.07, 6.45) is -7.05. The molecule has 32 heavy (non-hydrogen) atoms. The molecule has 2 saturated carbocycles. The molecule has 2 aliphatic rings. The average molecular weight is 464 g/mol. The molecule has 0 aliphatic heterocycles. The number of hydrogen-bond acceptors (Lipinski definition) is 2. The largest absolute Gasteiger partial charge is 0.391 e. The first kappa shape index (κ1) is 24.4. The van der Waals surface area contributed by atoms with Crippen molar-refractivity contribution < 1.29 is 35.9 Å². The molecule has 0 heterocycles. The summed E-state index contributed by atoms with van der Waals surface area (Å²) in [5, 5.41) is 5.25. The van der Waals surface area contributed by atoms with E-state index in [2.05, 4.69) is 10.6 Å². The second-order valence-corrected chi connectivity index (χ2v) is 8.73. The fourth-order valence-electron chi connectivity index (χ4n) is 4.55. The molecular formula is C22H26F6N2O2. The van der Waals surface area contributed by atoms with Crippen LogP contribution >= 0.6 is 0 Å². The zero-order valence-electron chi connectivity index (χ0n) is 17.4. The van der Waals surface area contributed by atoms with E-state index in [1.165, 1.54) is 24.3 Å². The van der Waals surface area contributed by atoms with Crippen LogP contribution in [0, 0.1) is 11.8 Å². The molecule has 0 aromatic heterocycles. The summed E-state index contributed by atoms with van der Waals surface area (Å²) < 4.78 is 77.6. The van der Waals surface area contributed by atoms with Gasteiger partial charge in [-0.25, -0.2) is 0 Å². The Morgan fingerprint density at radius 1 is 0.656 bits per heavy atom. The van der Waals surface area contributed by atoms with Crippen molar-refractivity contribution in [2.24, 2.45) is 11.8 Å². The summed E-state index contributed by atoms with van der Waals surface area (Å²) in [5.41, 5.74) is 0.399. The predicted octanol–water partition coefficient (Wildman–Crippen LogP) is 5.39. The third kappa shape index (κ3) is 6.38. The molecule has 0 radical (unpaired) electrons. The first-order chi connectivity index (χ1) is 14.9. The number of carbonyl (C=O) groups is 2. The molecule has 2 N–H and O–H groups in total. The van der Waals surface area contributed by atoms with Crippen molar-refractivity contribution >= 4 is 11.8 Å². The van der Waals surface area contributed by atoms with Gasteiger partial charge >= 0.3 is 12.4 Å². The van der Waals surface area contributed by atoms with Crippen molar-refractivity contribution in [1.29, 1.82) is 0 Å². The number of rotatable bonds is 4. The molecule has 4 unspecified atom stereocenters. The minimum atomic E-state index is -4.28. The molecule has 4 nitrogen and oxygen atoms in total. The van der Waals surface area contributed by atoms with Gasteiger partial charge in [-0.3, -0.25) is 9.59 Å². The highest BCUT2D eigenvalue weighted by Gasteiger charge is 2.43. The van der Waals surface area contributed by atoms with Gasteiger partial charge in [0.2, 0.25) is 0 Å². The summed E-state index contributed by atoms with van der Waals surface area (Å²) in [6, 6.07) is 4.39. The van der Waals surface area contributed by atoms with E-state index in [0.717, 1.165) is 0 Å². The lowest BCUT2D eigenvalue weighted by molar-refractivity contribution is -0.184. The van der Waals surface area contributed by atoms with Crippen molar-refractivity contribution in [2.45, 2.75) is 75.8 Å². The van der Waals surface area contributed by atoms with E-state index < -0.39 is 48.1 Å². The van der Waals surface area contributed by atoms with E-state index in [0.29, 0.717) is 25.7 Å². The first-order valence-electron chi connectivity index (χ1n) is 10.8. The molecule has 10 heteroatoms. The standard InChI is InChI=1S/C22H26F6N2O2/c23-21(24,25)15-3-1-5-17(11-15)29-19(31)13-7-9-14(10-8-13)20(32)30-18-6-2-4-16(12-18)22(26,27)28/h7-10,15-18H,1-6,11-12H2,(H,29,31)(H,30,32). The zero-order valence-corrected chi connectivity index (χ0v) is 17.4. The van der Waals surface area contributed by atoms with Crippen LogP contribution in [0.5, 0.6) is 0 Å². The predicted molar refractivity (Wildman–Crippen MR) is 105 cm³/mol. The summed E-state index contributed by atoms with van der Waals surface area (Å²) in [6.45, 7) is 0. The van der Waals surface area contributed by atoms with Crippen LogP contribution in [0.25, 0.3) is 0 Å². The molecule has 3 rings (SSSR count). The number of hydrogen-bond donors (Lipinski definition) is 2. The quantitative estimate of drug-likeness (QED) is 0.588. The van der Waals surface area contributed by atoms with E-state index >= 15 is 0 Å². The highest BCUT2D eigenvalue weighted by Crippen LogP contribution is 2.38. The average Bonchev–Trinajstić information content (AvgIpc) is 2.73. The Balaban J connectivity index is 1.54. The summed E-state index contributed by atoms with van der Waals surface area (Å²) in [5.74, 6) is -3.90. The van der Waals surface area contributed by atoms with Crippen LogP contribution in [-0.4, -0.2) is 36.3 Å². The molecular weight excluding hydrogens is 438 g/mol. The highest BCUT2D eigenvalue weighted by atomic mass is 19.4. The van der Waals surface area contributed by atoms with Gasteiger partial charge < -0.3 is 10.6 Å². The van der Waals surface area contributed by atoms with Crippen LogP contribution < -0.4 is 10.6 Å². The summed E-state index contributed by atoms with van der Waals surface area (Å²) >= 11 is 0.